The molecule has 4 nitrogen and oxygen atoms in total. The van der Waals surface area contributed by atoms with Crippen LogP contribution < -0.4 is 5.73 Å². The van der Waals surface area contributed by atoms with E-state index in [1.807, 2.05) is 0 Å². The Morgan fingerprint density at radius 1 is 1.33 bits per heavy atom. The molecule has 1 amide bonds. The number of benzene rings is 1. The van der Waals surface area contributed by atoms with Gasteiger partial charge in [0.1, 0.15) is 5.82 Å². The SMILES string of the molecule is COCCN(CCCN)C(=O)c1ccc(F)cc1. The summed E-state index contributed by atoms with van der Waals surface area (Å²) < 4.78 is 17.8. The summed E-state index contributed by atoms with van der Waals surface area (Å²) in [5.74, 6) is -0.475. The first-order chi connectivity index (χ1) is 8.69. The van der Waals surface area contributed by atoms with Crippen LogP contribution >= 0.6 is 0 Å². The standard InChI is InChI=1S/C13H19FN2O2/c1-18-10-9-16(8-2-7-15)13(17)11-3-5-12(14)6-4-11/h3-6H,2,7-10,15H2,1H3. The van der Waals surface area contributed by atoms with E-state index in [0.717, 1.165) is 6.42 Å². The minimum Gasteiger partial charge on any atom is -0.383 e. The van der Waals surface area contributed by atoms with E-state index < -0.39 is 0 Å². The number of ether oxygens (including phenoxy) is 1. The molecule has 0 radical (unpaired) electrons. The van der Waals surface area contributed by atoms with Crippen molar-refractivity contribution in [3.8, 4) is 0 Å². The van der Waals surface area contributed by atoms with E-state index in [2.05, 4.69) is 0 Å². The molecule has 0 saturated heterocycles. The molecule has 1 rings (SSSR count). The zero-order valence-electron chi connectivity index (χ0n) is 10.6. The number of halogens is 1. The fourth-order valence-electron chi connectivity index (χ4n) is 1.57. The molecule has 0 aromatic heterocycles. The lowest BCUT2D eigenvalue weighted by molar-refractivity contribution is 0.0694. The van der Waals surface area contributed by atoms with Gasteiger partial charge in [-0.25, -0.2) is 4.39 Å². The second kappa shape index (κ2) is 7.79. The van der Waals surface area contributed by atoms with Gasteiger partial charge in [-0.15, -0.1) is 0 Å². The summed E-state index contributed by atoms with van der Waals surface area (Å²) in [6.07, 6.45) is 0.733. The number of carbonyl (C=O) groups is 1. The van der Waals surface area contributed by atoms with Crippen molar-refractivity contribution in [1.29, 1.82) is 0 Å². The van der Waals surface area contributed by atoms with Crippen LogP contribution in [-0.2, 0) is 4.74 Å². The predicted molar refractivity (Wildman–Crippen MR) is 67.9 cm³/mol. The molecule has 0 atom stereocenters. The van der Waals surface area contributed by atoms with Gasteiger partial charge in [0.15, 0.2) is 0 Å². The fraction of sp³-hybridized carbons (Fsp3) is 0.462. The van der Waals surface area contributed by atoms with Crippen LogP contribution in [0.15, 0.2) is 24.3 Å². The molecule has 5 heteroatoms. The number of rotatable bonds is 7. The molecular formula is C13H19FN2O2. The highest BCUT2D eigenvalue weighted by Crippen LogP contribution is 2.07. The monoisotopic (exact) mass is 254 g/mol. The van der Waals surface area contributed by atoms with Crippen LogP contribution in [0.4, 0.5) is 4.39 Å². The Kier molecular flexibility index (Phi) is 6.32. The fourth-order valence-corrected chi connectivity index (χ4v) is 1.57. The molecule has 0 aliphatic heterocycles. The maximum absolute atomic E-state index is 12.8. The molecule has 0 unspecified atom stereocenters. The molecule has 100 valence electrons. The van der Waals surface area contributed by atoms with Crippen LogP contribution in [0, 0.1) is 5.82 Å². The highest BCUT2D eigenvalue weighted by molar-refractivity contribution is 5.94. The summed E-state index contributed by atoms with van der Waals surface area (Å²) in [6, 6.07) is 5.54. The maximum Gasteiger partial charge on any atom is 0.253 e. The average Bonchev–Trinajstić information content (AvgIpc) is 2.39. The molecule has 0 saturated carbocycles. The van der Waals surface area contributed by atoms with Crippen LogP contribution in [-0.4, -0.2) is 44.2 Å². The first kappa shape index (κ1) is 14.6. The van der Waals surface area contributed by atoms with Crippen molar-refractivity contribution >= 4 is 5.91 Å². The smallest absolute Gasteiger partial charge is 0.253 e. The number of hydrogen-bond acceptors (Lipinski definition) is 3. The third-order valence-electron chi connectivity index (χ3n) is 2.58. The molecule has 0 bridgehead atoms. The summed E-state index contributed by atoms with van der Waals surface area (Å²) >= 11 is 0. The predicted octanol–water partition coefficient (Wildman–Crippen LogP) is 1.26. The van der Waals surface area contributed by atoms with Gasteiger partial charge in [-0.3, -0.25) is 4.79 Å². The number of nitrogens with two attached hydrogens (primary N) is 1. The third-order valence-corrected chi connectivity index (χ3v) is 2.58. The van der Waals surface area contributed by atoms with E-state index in [1.165, 1.54) is 24.3 Å². The highest BCUT2D eigenvalue weighted by Gasteiger charge is 2.14. The first-order valence-corrected chi connectivity index (χ1v) is 5.93. The normalized spacial score (nSPS) is 10.4. The van der Waals surface area contributed by atoms with Crippen LogP contribution in [0.25, 0.3) is 0 Å². The van der Waals surface area contributed by atoms with Crippen molar-refractivity contribution in [3.05, 3.63) is 35.6 Å². The van der Waals surface area contributed by atoms with Crippen molar-refractivity contribution in [1.82, 2.24) is 4.90 Å². The van der Waals surface area contributed by atoms with Gasteiger partial charge in [-0.1, -0.05) is 0 Å². The maximum atomic E-state index is 12.8. The van der Waals surface area contributed by atoms with Gasteiger partial charge in [0, 0.05) is 25.8 Å². The topological polar surface area (TPSA) is 55.6 Å². The summed E-state index contributed by atoms with van der Waals surface area (Å²) in [7, 11) is 1.59. The molecule has 1 aromatic rings. The molecule has 2 N–H and O–H groups in total. The van der Waals surface area contributed by atoms with Crippen molar-refractivity contribution < 1.29 is 13.9 Å². The number of amides is 1. The highest BCUT2D eigenvalue weighted by atomic mass is 19.1. The summed E-state index contributed by atoms with van der Waals surface area (Å²) in [5, 5.41) is 0. The summed E-state index contributed by atoms with van der Waals surface area (Å²) in [5.41, 5.74) is 5.92. The third kappa shape index (κ3) is 4.43. The quantitative estimate of drug-likeness (QED) is 0.797. The number of nitrogens with zero attached hydrogens (tertiary/aromatic N) is 1. The minimum absolute atomic E-state index is 0.125. The number of carbonyl (C=O) groups excluding carboxylic acids is 1. The Morgan fingerprint density at radius 3 is 2.56 bits per heavy atom. The van der Waals surface area contributed by atoms with Crippen molar-refractivity contribution in [2.24, 2.45) is 5.73 Å². The second-order valence-corrected chi connectivity index (χ2v) is 3.93. The molecule has 0 aliphatic rings. The molecular weight excluding hydrogens is 235 g/mol. The molecule has 0 aliphatic carbocycles. The van der Waals surface area contributed by atoms with Gasteiger partial charge < -0.3 is 15.4 Å². The van der Waals surface area contributed by atoms with Gasteiger partial charge in [0.05, 0.1) is 6.61 Å². The molecule has 0 fully saturated rings. The van der Waals surface area contributed by atoms with Gasteiger partial charge >= 0.3 is 0 Å². The largest absolute Gasteiger partial charge is 0.383 e. The lowest BCUT2D eigenvalue weighted by Crippen LogP contribution is -2.35. The van der Waals surface area contributed by atoms with Crippen LogP contribution in [0.5, 0.6) is 0 Å². The van der Waals surface area contributed by atoms with E-state index in [1.54, 1.807) is 12.0 Å². The first-order valence-electron chi connectivity index (χ1n) is 5.93. The zero-order chi connectivity index (χ0) is 13.4. The average molecular weight is 254 g/mol. The van der Waals surface area contributed by atoms with Crippen LogP contribution in [0.3, 0.4) is 0 Å². The second-order valence-electron chi connectivity index (χ2n) is 3.93. The summed E-state index contributed by atoms with van der Waals surface area (Å²) in [6.45, 7) is 2.08. The van der Waals surface area contributed by atoms with E-state index in [4.69, 9.17) is 10.5 Å². The Bertz CT molecular complexity index is 360. The Balaban J connectivity index is 2.70. The van der Waals surface area contributed by atoms with Crippen LogP contribution in [0.2, 0.25) is 0 Å². The van der Waals surface area contributed by atoms with Gasteiger partial charge in [0.25, 0.3) is 5.91 Å². The van der Waals surface area contributed by atoms with Crippen molar-refractivity contribution in [2.45, 2.75) is 6.42 Å². The summed E-state index contributed by atoms with van der Waals surface area (Å²) in [4.78, 5) is 13.8. The van der Waals surface area contributed by atoms with E-state index in [-0.39, 0.29) is 11.7 Å². The molecule has 0 spiro atoms. The minimum atomic E-state index is -0.350. The molecule has 18 heavy (non-hydrogen) atoms. The molecule has 1 aromatic carbocycles. The Labute approximate surface area is 107 Å². The van der Waals surface area contributed by atoms with E-state index in [9.17, 15) is 9.18 Å². The van der Waals surface area contributed by atoms with Gasteiger partial charge in [-0.05, 0) is 37.2 Å². The number of hydrogen-bond donors (Lipinski definition) is 1. The van der Waals surface area contributed by atoms with Gasteiger partial charge in [0.2, 0.25) is 0 Å². The van der Waals surface area contributed by atoms with Gasteiger partial charge in [-0.2, -0.15) is 0 Å². The van der Waals surface area contributed by atoms with Crippen LogP contribution in [0.1, 0.15) is 16.8 Å². The Morgan fingerprint density at radius 2 is 2.00 bits per heavy atom. The zero-order valence-corrected chi connectivity index (χ0v) is 10.6. The van der Waals surface area contributed by atoms with E-state index >= 15 is 0 Å². The molecule has 0 heterocycles. The lowest BCUT2D eigenvalue weighted by Gasteiger charge is -2.22. The lowest BCUT2D eigenvalue weighted by atomic mass is 10.2. The Hall–Kier alpha value is -1.46. The van der Waals surface area contributed by atoms with Crippen molar-refractivity contribution in [2.75, 3.05) is 33.4 Å². The number of methoxy groups -OCH3 is 1. The van der Waals surface area contributed by atoms with Crippen molar-refractivity contribution in [3.63, 3.8) is 0 Å². The van der Waals surface area contributed by atoms with E-state index in [0.29, 0.717) is 31.8 Å².